The lowest BCUT2D eigenvalue weighted by Gasteiger charge is -2.47. The van der Waals surface area contributed by atoms with Crippen LogP contribution in [0.3, 0.4) is 0 Å². The maximum atomic E-state index is 12.0. The van der Waals surface area contributed by atoms with Crippen molar-refractivity contribution < 1.29 is 9.59 Å². The van der Waals surface area contributed by atoms with Crippen LogP contribution in [0.25, 0.3) is 0 Å². The van der Waals surface area contributed by atoms with Crippen molar-refractivity contribution in [2.75, 3.05) is 13.6 Å². The summed E-state index contributed by atoms with van der Waals surface area (Å²) in [5, 5.41) is 5.70. The molecule has 126 valence electrons. The largest absolute Gasteiger partial charge is 0.352 e. The first-order valence-electron chi connectivity index (χ1n) is 8.43. The number of amides is 2. The van der Waals surface area contributed by atoms with Crippen molar-refractivity contribution in [2.24, 2.45) is 11.7 Å². The molecule has 2 rings (SSSR count). The Balaban J connectivity index is 1.75. The molecule has 22 heavy (non-hydrogen) atoms. The van der Waals surface area contributed by atoms with E-state index in [-0.39, 0.29) is 30.3 Å². The van der Waals surface area contributed by atoms with Gasteiger partial charge in [-0.1, -0.05) is 20.3 Å². The van der Waals surface area contributed by atoms with Crippen LogP contribution in [0.15, 0.2) is 0 Å². The maximum Gasteiger partial charge on any atom is 0.239 e. The number of carbonyl (C=O) groups is 2. The highest BCUT2D eigenvalue weighted by Crippen LogP contribution is 2.32. The molecule has 0 aromatic rings. The number of rotatable bonds is 5. The van der Waals surface area contributed by atoms with Crippen molar-refractivity contribution in [1.82, 2.24) is 15.5 Å². The summed E-state index contributed by atoms with van der Waals surface area (Å²) in [5.41, 5.74) is 5.76. The Morgan fingerprint density at radius 1 is 1.23 bits per heavy atom. The molecule has 0 saturated carbocycles. The first kappa shape index (κ1) is 17.2. The molecule has 2 heterocycles. The van der Waals surface area contributed by atoms with Crippen LogP contribution in [0, 0.1) is 5.92 Å². The monoisotopic (exact) mass is 310 g/mol. The van der Waals surface area contributed by atoms with Gasteiger partial charge < -0.3 is 21.3 Å². The summed E-state index contributed by atoms with van der Waals surface area (Å²) in [6.45, 7) is 3.80. The number of fused-ring (bicyclic) bond motifs is 2. The van der Waals surface area contributed by atoms with Gasteiger partial charge in [0, 0.05) is 18.1 Å². The fourth-order valence-electron chi connectivity index (χ4n) is 3.60. The third kappa shape index (κ3) is 4.20. The Bertz CT molecular complexity index is 399. The Hall–Kier alpha value is -1.14. The van der Waals surface area contributed by atoms with E-state index >= 15 is 0 Å². The van der Waals surface area contributed by atoms with Crippen LogP contribution >= 0.6 is 0 Å². The molecule has 2 unspecified atom stereocenters. The van der Waals surface area contributed by atoms with Crippen LogP contribution in [0.2, 0.25) is 0 Å². The normalized spacial score (nSPS) is 30.0. The van der Waals surface area contributed by atoms with Gasteiger partial charge >= 0.3 is 0 Å². The SMILES string of the molecule is CC(C)[C@H](N)C(=O)NCC(=O)NC1CC2CCCC(C1)N2C. The lowest BCUT2D eigenvalue weighted by atomic mass is 9.82. The maximum absolute atomic E-state index is 12.0. The third-order valence-corrected chi connectivity index (χ3v) is 5.15. The summed E-state index contributed by atoms with van der Waals surface area (Å²) < 4.78 is 0. The van der Waals surface area contributed by atoms with Crippen LogP contribution in [-0.2, 0) is 9.59 Å². The zero-order valence-electron chi connectivity index (χ0n) is 14.0. The van der Waals surface area contributed by atoms with Gasteiger partial charge in [-0.25, -0.2) is 0 Å². The zero-order chi connectivity index (χ0) is 16.3. The predicted octanol–water partition coefficient (Wildman–Crippen LogP) is 0.217. The van der Waals surface area contributed by atoms with Crippen molar-refractivity contribution >= 4 is 11.8 Å². The fraction of sp³-hybridized carbons (Fsp3) is 0.875. The molecule has 2 bridgehead atoms. The molecule has 0 aromatic carbocycles. The Morgan fingerprint density at radius 2 is 1.82 bits per heavy atom. The molecule has 3 atom stereocenters. The Kier molecular flexibility index (Phi) is 5.81. The summed E-state index contributed by atoms with van der Waals surface area (Å²) >= 11 is 0. The van der Waals surface area contributed by atoms with Crippen LogP contribution in [0.4, 0.5) is 0 Å². The molecule has 2 fully saturated rings. The molecule has 0 radical (unpaired) electrons. The number of nitrogens with one attached hydrogen (secondary N) is 2. The van der Waals surface area contributed by atoms with E-state index in [1.807, 2.05) is 13.8 Å². The summed E-state index contributed by atoms with van der Waals surface area (Å²) in [6, 6.07) is 0.841. The third-order valence-electron chi connectivity index (χ3n) is 5.15. The second-order valence-electron chi connectivity index (χ2n) is 7.13. The first-order chi connectivity index (χ1) is 10.4. The second-order valence-corrected chi connectivity index (χ2v) is 7.13. The minimum Gasteiger partial charge on any atom is -0.352 e. The summed E-state index contributed by atoms with van der Waals surface area (Å²) in [5.74, 6) is -0.307. The van der Waals surface area contributed by atoms with Gasteiger partial charge in [-0.15, -0.1) is 0 Å². The van der Waals surface area contributed by atoms with Gasteiger partial charge in [0.1, 0.15) is 0 Å². The van der Waals surface area contributed by atoms with E-state index in [9.17, 15) is 9.59 Å². The van der Waals surface area contributed by atoms with E-state index in [1.165, 1.54) is 19.3 Å². The molecule has 2 aliphatic heterocycles. The van der Waals surface area contributed by atoms with Crippen LogP contribution in [-0.4, -0.2) is 54.5 Å². The van der Waals surface area contributed by atoms with Gasteiger partial charge in [-0.3, -0.25) is 9.59 Å². The molecule has 0 aromatic heterocycles. The lowest BCUT2D eigenvalue weighted by molar-refractivity contribution is -0.128. The van der Waals surface area contributed by atoms with Gasteiger partial charge in [0.15, 0.2) is 0 Å². The molecule has 2 amide bonds. The highest BCUT2D eigenvalue weighted by Gasteiger charge is 2.36. The molecule has 2 saturated heterocycles. The van der Waals surface area contributed by atoms with Crippen LogP contribution in [0.5, 0.6) is 0 Å². The first-order valence-corrected chi connectivity index (χ1v) is 8.43. The number of piperidine rings is 2. The van der Waals surface area contributed by atoms with Gasteiger partial charge in [-0.2, -0.15) is 0 Å². The zero-order valence-corrected chi connectivity index (χ0v) is 14.0. The van der Waals surface area contributed by atoms with Crippen molar-refractivity contribution in [3.05, 3.63) is 0 Å². The van der Waals surface area contributed by atoms with E-state index in [0.717, 1.165) is 12.8 Å². The Labute approximate surface area is 133 Å². The van der Waals surface area contributed by atoms with E-state index in [4.69, 9.17) is 5.73 Å². The number of nitrogens with zero attached hydrogens (tertiary/aromatic N) is 1. The lowest BCUT2D eigenvalue weighted by Crippen LogP contribution is -2.56. The fourth-order valence-corrected chi connectivity index (χ4v) is 3.60. The molecule has 6 nitrogen and oxygen atoms in total. The number of nitrogens with two attached hydrogens (primary N) is 1. The van der Waals surface area contributed by atoms with Crippen LogP contribution in [0.1, 0.15) is 46.0 Å². The van der Waals surface area contributed by atoms with Gasteiger partial charge in [0.2, 0.25) is 11.8 Å². The van der Waals surface area contributed by atoms with Crippen molar-refractivity contribution in [2.45, 2.75) is 70.1 Å². The molecule has 2 aliphatic rings. The van der Waals surface area contributed by atoms with E-state index in [0.29, 0.717) is 12.1 Å². The molecular weight excluding hydrogens is 280 g/mol. The minimum atomic E-state index is -0.560. The van der Waals surface area contributed by atoms with Crippen molar-refractivity contribution in [3.63, 3.8) is 0 Å². The van der Waals surface area contributed by atoms with E-state index < -0.39 is 6.04 Å². The van der Waals surface area contributed by atoms with Crippen LogP contribution < -0.4 is 16.4 Å². The smallest absolute Gasteiger partial charge is 0.239 e. The average molecular weight is 310 g/mol. The molecule has 4 N–H and O–H groups in total. The predicted molar refractivity (Wildman–Crippen MR) is 86.2 cm³/mol. The van der Waals surface area contributed by atoms with Crippen molar-refractivity contribution in [1.29, 1.82) is 0 Å². The summed E-state index contributed by atoms with van der Waals surface area (Å²) in [4.78, 5) is 26.3. The highest BCUT2D eigenvalue weighted by molar-refractivity contribution is 5.87. The standard InChI is InChI=1S/C16H30N4O2/c1-10(2)15(17)16(22)18-9-14(21)19-11-7-12-5-4-6-13(8-11)20(12)3/h10-13,15H,4-9,17H2,1-3H3,(H,18,22)(H,19,21)/t11?,12?,13?,15-/m0/s1. The van der Waals surface area contributed by atoms with Gasteiger partial charge in [-0.05, 0) is 38.6 Å². The van der Waals surface area contributed by atoms with Gasteiger partial charge in [0.05, 0.1) is 12.6 Å². The number of hydrogen-bond donors (Lipinski definition) is 3. The molecule has 0 spiro atoms. The number of carbonyl (C=O) groups excluding carboxylic acids is 2. The molecular formula is C16H30N4O2. The quantitative estimate of drug-likeness (QED) is 0.678. The summed E-state index contributed by atoms with van der Waals surface area (Å²) in [7, 11) is 2.19. The van der Waals surface area contributed by atoms with E-state index in [1.54, 1.807) is 0 Å². The number of hydrogen-bond acceptors (Lipinski definition) is 4. The molecule has 0 aliphatic carbocycles. The topological polar surface area (TPSA) is 87.5 Å². The molecule has 6 heteroatoms. The van der Waals surface area contributed by atoms with E-state index in [2.05, 4.69) is 22.6 Å². The highest BCUT2D eigenvalue weighted by atomic mass is 16.2. The van der Waals surface area contributed by atoms with Crippen molar-refractivity contribution in [3.8, 4) is 0 Å². The average Bonchev–Trinajstić information content (AvgIpc) is 2.45. The summed E-state index contributed by atoms with van der Waals surface area (Å²) in [6.07, 6.45) is 5.76. The Morgan fingerprint density at radius 3 is 2.36 bits per heavy atom. The second kappa shape index (κ2) is 7.42. The van der Waals surface area contributed by atoms with Gasteiger partial charge in [0.25, 0.3) is 0 Å². The minimum absolute atomic E-state index is 0.0148.